The lowest BCUT2D eigenvalue weighted by Crippen LogP contribution is -2.13. The summed E-state index contributed by atoms with van der Waals surface area (Å²) >= 11 is 7.22. The van der Waals surface area contributed by atoms with Crippen molar-refractivity contribution < 1.29 is 14.3 Å². The fraction of sp³-hybridized carbons (Fsp3) is 0.636. The first kappa shape index (κ1) is 14.3. The molecular weight excluding hydrogens is 290 g/mol. The maximum atomic E-state index is 11.3. The minimum absolute atomic E-state index is 0.0180. The van der Waals surface area contributed by atoms with Gasteiger partial charge in [-0.05, 0) is 29.9 Å². The van der Waals surface area contributed by atoms with E-state index in [1.807, 2.05) is 0 Å². The van der Waals surface area contributed by atoms with E-state index in [1.165, 1.54) is 26.0 Å². The molecule has 0 bridgehead atoms. The zero-order valence-electron chi connectivity index (χ0n) is 10.7. The predicted octanol–water partition coefficient (Wildman–Crippen LogP) is 1.97. The van der Waals surface area contributed by atoms with E-state index in [4.69, 9.17) is 21.1 Å². The van der Waals surface area contributed by atoms with Crippen LogP contribution in [0.2, 0.25) is 5.28 Å². The predicted molar refractivity (Wildman–Crippen MR) is 70.4 cm³/mol. The van der Waals surface area contributed by atoms with Crippen molar-refractivity contribution in [1.82, 2.24) is 15.0 Å². The summed E-state index contributed by atoms with van der Waals surface area (Å²) in [6.07, 6.45) is 2.47. The molecule has 0 radical (unpaired) electrons. The van der Waals surface area contributed by atoms with E-state index < -0.39 is 0 Å². The second-order valence-corrected chi connectivity index (χ2v) is 5.70. The van der Waals surface area contributed by atoms with Crippen LogP contribution in [-0.2, 0) is 9.53 Å². The van der Waals surface area contributed by atoms with E-state index in [0.717, 1.165) is 18.6 Å². The summed E-state index contributed by atoms with van der Waals surface area (Å²) in [5.41, 5.74) is 0.0180. The lowest BCUT2D eigenvalue weighted by Gasteiger charge is -2.12. The van der Waals surface area contributed by atoms with Crippen molar-refractivity contribution >= 4 is 29.3 Å². The fourth-order valence-corrected chi connectivity index (χ4v) is 2.94. The van der Waals surface area contributed by atoms with Gasteiger partial charge in [-0.25, -0.2) is 0 Å². The molecule has 1 aliphatic carbocycles. The van der Waals surface area contributed by atoms with Gasteiger partial charge in [-0.1, -0.05) is 11.8 Å². The van der Waals surface area contributed by atoms with Crippen LogP contribution in [-0.4, -0.2) is 40.9 Å². The monoisotopic (exact) mass is 303 g/mol. The number of aromatic nitrogens is 3. The Morgan fingerprint density at radius 3 is 2.68 bits per heavy atom. The first-order valence-electron chi connectivity index (χ1n) is 5.72. The van der Waals surface area contributed by atoms with Crippen LogP contribution in [0.25, 0.3) is 0 Å². The van der Waals surface area contributed by atoms with Gasteiger partial charge in [0.1, 0.15) is 0 Å². The number of carbonyl (C=O) groups excluding carboxylic acids is 1. The average Bonchev–Trinajstić information content (AvgIpc) is 3.16. The van der Waals surface area contributed by atoms with Crippen LogP contribution in [0.3, 0.4) is 0 Å². The molecule has 104 valence electrons. The maximum absolute atomic E-state index is 11.3. The summed E-state index contributed by atoms with van der Waals surface area (Å²) in [6.45, 7) is 0. The smallest absolute Gasteiger partial charge is 0.321 e. The van der Waals surface area contributed by atoms with Gasteiger partial charge in [-0.3, -0.25) is 4.79 Å². The standard InChI is InChI=1S/C11H14ClN3O3S/c1-17-7(16)5-11(3-4-11)6-19-10-14-8(12)13-9(15-10)18-2/h3-6H2,1-2H3. The van der Waals surface area contributed by atoms with Gasteiger partial charge in [0.05, 0.1) is 20.6 Å². The lowest BCUT2D eigenvalue weighted by molar-refractivity contribution is -0.141. The van der Waals surface area contributed by atoms with Crippen molar-refractivity contribution in [1.29, 1.82) is 0 Å². The molecule has 0 amide bonds. The Kier molecular flexibility index (Phi) is 4.46. The molecule has 0 aromatic carbocycles. The Morgan fingerprint density at radius 2 is 2.11 bits per heavy atom. The first-order chi connectivity index (χ1) is 9.07. The zero-order chi connectivity index (χ0) is 13.9. The normalized spacial score (nSPS) is 15.9. The Balaban J connectivity index is 1.95. The molecule has 0 saturated heterocycles. The van der Waals surface area contributed by atoms with Gasteiger partial charge in [-0.2, -0.15) is 15.0 Å². The van der Waals surface area contributed by atoms with Gasteiger partial charge in [0.25, 0.3) is 0 Å². The topological polar surface area (TPSA) is 74.2 Å². The molecule has 1 saturated carbocycles. The van der Waals surface area contributed by atoms with Crippen LogP contribution < -0.4 is 4.74 Å². The molecular formula is C11H14ClN3O3S. The Bertz CT molecular complexity index is 482. The number of halogens is 1. The number of rotatable bonds is 6. The molecule has 1 aromatic heterocycles. The lowest BCUT2D eigenvalue weighted by atomic mass is 10.1. The van der Waals surface area contributed by atoms with Gasteiger partial charge < -0.3 is 9.47 Å². The van der Waals surface area contributed by atoms with Crippen LogP contribution in [0.5, 0.6) is 6.01 Å². The van der Waals surface area contributed by atoms with Crippen LogP contribution in [0.1, 0.15) is 19.3 Å². The molecule has 1 fully saturated rings. The number of methoxy groups -OCH3 is 2. The second-order valence-electron chi connectivity index (χ2n) is 4.42. The molecule has 2 rings (SSSR count). The fourth-order valence-electron chi connectivity index (χ4n) is 1.62. The molecule has 19 heavy (non-hydrogen) atoms. The van der Waals surface area contributed by atoms with E-state index in [2.05, 4.69) is 15.0 Å². The minimum Gasteiger partial charge on any atom is -0.469 e. The van der Waals surface area contributed by atoms with Crippen molar-refractivity contribution in [3.63, 3.8) is 0 Å². The van der Waals surface area contributed by atoms with E-state index >= 15 is 0 Å². The van der Waals surface area contributed by atoms with Gasteiger partial charge in [0.2, 0.25) is 5.28 Å². The largest absolute Gasteiger partial charge is 0.469 e. The van der Waals surface area contributed by atoms with E-state index in [0.29, 0.717) is 11.6 Å². The maximum Gasteiger partial charge on any atom is 0.321 e. The third-order valence-electron chi connectivity index (χ3n) is 2.96. The molecule has 8 heteroatoms. The molecule has 1 aromatic rings. The first-order valence-corrected chi connectivity index (χ1v) is 7.08. The van der Waals surface area contributed by atoms with E-state index in [-0.39, 0.29) is 22.7 Å². The number of hydrogen-bond donors (Lipinski definition) is 0. The van der Waals surface area contributed by atoms with Crippen molar-refractivity contribution in [3.8, 4) is 6.01 Å². The van der Waals surface area contributed by atoms with Crippen molar-refractivity contribution in [2.24, 2.45) is 5.41 Å². The molecule has 0 atom stereocenters. The third kappa shape index (κ3) is 3.94. The quantitative estimate of drug-likeness (QED) is 0.587. The number of esters is 1. The number of thioether (sulfide) groups is 1. The zero-order valence-corrected chi connectivity index (χ0v) is 12.3. The van der Waals surface area contributed by atoms with E-state index in [9.17, 15) is 4.79 Å². The van der Waals surface area contributed by atoms with Crippen molar-refractivity contribution in [2.45, 2.75) is 24.4 Å². The minimum atomic E-state index is -0.177. The summed E-state index contributed by atoms with van der Waals surface area (Å²) in [6, 6.07) is 0.195. The summed E-state index contributed by atoms with van der Waals surface area (Å²) in [5.74, 6) is 0.579. The highest BCUT2D eigenvalue weighted by Crippen LogP contribution is 2.51. The number of ether oxygens (including phenoxy) is 2. The number of nitrogens with zero attached hydrogens (tertiary/aromatic N) is 3. The summed E-state index contributed by atoms with van der Waals surface area (Å²) in [5, 5.41) is 0.611. The van der Waals surface area contributed by atoms with Crippen LogP contribution >= 0.6 is 23.4 Å². The highest BCUT2D eigenvalue weighted by Gasteiger charge is 2.44. The SMILES string of the molecule is COC(=O)CC1(CSc2nc(Cl)nc(OC)n2)CC1. The highest BCUT2D eigenvalue weighted by molar-refractivity contribution is 7.99. The second kappa shape index (κ2) is 5.92. The van der Waals surface area contributed by atoms with Crippen LogP contribution in [0.15, 0.2) is 5.16 Å². The molecule has 0 unspecified atom stereocenters. The van der Waals surface area contributed by atoms with Gasteiger partial charge >= 0.3 is 12.0 Å². The molecule has 1 heterocycles. The molecule has 0 aliphatic heterocycles. The Hall–Kier alpha value is -1.08. The summed E-state index contributed by atoms with van der Waals surface area (Å²) < 4.78 is 9.63. The average molecular weight is 304 g/mol. The molecule has 6 nitrogen and oxygen atoms in total. The molecule has 0 N–H and O–H groups in total. The van der Waals surface area contributed by atoms with Crippen LogP contribution in [0, 0.1) is 5.41 Å². The number of hydrogen-bond acceptors (Lipinski definition) is 7. The van der Waals surface area contributed by atoms with Gasteiger partial charge in [0, 0.05) is 5.75 Å². The van der Waals surface area contributed by atoms with E-state index in [1.54, 1.807) is 0 Å². The van der Waals surface area contributed by atoms with Crippen molar-refractivity contribution in [3.05, 3.63) is 5.28 Å². The van der Waals surface area contributed by atoms with Gasteiger partial charge in [0.15, 0.2) is 5.16 Å². The summed E-state index contributed by atoms with van der Waals surface area (Å²) in [4.78, 5) is 23.2. The number of carbonyl (C=O) groups is 1. The van der Waals surface area contributed by atoms with Crippen LogP contribution in [0.4, 0.5) is 0 Å². The summed E-state index contributed by atoms with van der Waals surface area (Å²) in [7, 11) is 2.88. The molecule has 1 aliphatic rings. The van der Waals surface area contributed by atoms with Crippen molar-refractivity contribution in [2.75, 3.05) is 20.0 Å². The third-order valence-corrected chi connectivity index (χ3v) is 4.33. The highest BCUT2D eigenvalue weighted by atomic mass is 35.5. The van der Waals surface area contributed by atoms with Gasteiger partial charge in [-0.15, -0.1) is 0 Å². The Labute approximate surface area is 120 Å². The Morgan fingerprint density at radius 1 is 1.37 bits per heavy atom. The molecule has 0 spiro atoms.